The van der Waals surface area contributed by atoms with Crippen molar-refractivity contribution in [2.75, 3.05) is 16.4 Å². The third-order valence-electron chi connectivity index (χ3n) is 5.66. The Morgan fingerprint density at radius 3 is 2.52 bits per heavy atom. The summed E-state index contributed by atoms with van der Waals surface area (Å²) in [6, 6.07) is 14.8. The second kappa shape index (κ2) is 9.54. The molecule has 1 heterocycles. The molecule has 31 heavy (non-hydrogen) atoms. The number of nitrogens with zero attached hydrogens (tertiary/aromatic N) is 1. The standard InChI is InChI=1S/C24H27ClFN5/c25-23-14-30-24(31-20-7-5-18(27)6-8-20)12-22(23)16-9-19(28)11-21(10-16)29-13-15-1-3-17(26)4-2-15/h1-4,9-12,14,18,20,29H,5-8,13,27-28H2,(H,30,31). The Hall–Kier alpha value is -2.83. The first-order valence-corrected chi connectivity index (χ1v) is 10.9. The van der Waals surface area contributed by atoms with E-state index in [1.54, 1.807) is 18.3 Å². The molecular formula is C24H27ClFN5. The first-order valence-electron chi connectivity index (χ1n) is 10.5. The molecular weight excluding hydrogens is 413 g/mol. The van der Waals surface area contributed by atoms with E-state index in [1.807, 2.05) is 24.3 Å². The summed E-state index contributed by atoms with van der Waals surface area (Å²) in [4.78, 5) is 4.45. The van der Waals surface area contributed by atoms with Crippen LogP contribution in [0.1, 0.15) is 31.2 Å². The van der Waals surface area contributed by atoms with E-state index in [0.717, 1.165) is 53.9 Å². The summed E-state index contributed by atoms with van der Waals surface area (Å²) in [5.74, 6) is 0.547. The number of rotatable bonds is 6. The molecule has 0 bridgehead atoms. The summed E-state index contributed by atoms with van der Waals surface area (Å²) in [7, 11) is 0. The van der Waals surface area contributed by atoms with Crippen LogP contribution in [0.5, 0.6) is 0 Å². The quantitative estimate of drug-likeness (QED) is 0.385. The predicted molar refractivity (Wildman–Crippen MR) is 127 cm³/mol. The molecule has 162 valence electrons. The van der Waals surface area contributed by atoms with Crippen molar-refractivity contribution in [2.45, 2.75) is 44.3 Å². The van der Waals surface area contributed by atoms with Gasteiger partial charge in [-0.1, -0.05) is 23.7 Å². The monoisotopic (exact) mass is 439 g/mol. The SMILES string of the molecule is Nc1cc(NCc2ccc(F)cc2)cc(-c2cc(NC3CCC(N)CC3)ncc2Cl)c1. The average molecular weight is 440 g/mol. The minimum atomic E-state index is -0.247. The zero-order chi connectivity index (χ0) is 21.8. The summed E-state index contributed by atoms with van der Waals surface area (Å²) in [6.45, 7) is 0.559. The van der Waals surface area contributed by atoms with Crippen molar-refractivity contribution in [1.82, 2.24) is 4.98 Å². The highest BCUT2D eigenvalue weighted by molar-refractivity contribution is 6.33. The molecule has 1 saturated carbocycles. The van der Waals surface area contributed by atoms with Gasteiger partial charge >= 0.3 is 0 Å². The van der Waals surface area contributed by atoms with Crippen molar-refractivity contribution in [3.8, 4) is 11.1 Å². The fourth-order valence-corrected chi connectivity index (χ4v) is 4.14. The van der Waals surface area contributed by atoms with E-state index >= 15 is 0 Å². The van der Waals surface area contributed by atoms with Gasteiger partial charge in [0.05, 0.1) is 5.02 Å². The van der Waals surface area contributed by atoms with Crippen LogP contribution in [0.2, 0.25) is 5.02 Å². The van der Waals surface area contributed by atoms with Crippen LogP contribution in [0.25, 0.3) is 11.1 Å². The van der Waals surface area contributed by atoms with Gasteiger partial charge in [0.15, 0.2) is 0 Å². The highest BCUT2D eigenvalue weighted by Gasteiger charge is 2.19. The van der Waals surface area contributed by atoms with Crippen LogP contribution in [-0.2, 0) is 6.54 Å². The largest absolute Gasteiger partial charge is 0.399 e. The maximum Gasteiger partial charge on any atom is 0.126 e. The second-order valence-corrected chi connectivity index (χ2v) is 8.54. The Kier molecular flexibility index (Phi) is 6.59. The molecule has 1 aliphatic carbocycles. The minimum Gasteiger partial charge on any atom is -0.399 e. The number of nitrogens with one attached hydrogen (secondary N) is 2. The number of halogens is 2. The lowest BCUT2D eigenvalue weighted by atomic mass is 9.92. The molecule has 0 amide bonds. The molecule has 1 aliphatic rings. The third kappa shape index (κ3) is 5.66. The molecule has 0 saturated heterocycles. The molecule has 0 spiro atoms. The maximum absolute atomic E-state index is 13.1. The van der Waals surface area contributed by atoms with Crippen LogP contribution in [0.3, 0.4) is 0 Å². The topological polar surface area (TPSA) is 89.0 Å². The molecule has 0 aliphatic heterocycles. The van der Waals surface area contributed by atoms with Gasteiger partial charge in [-0.05, 0) is 73.2 Å². The molecule has 1 fully saturated rings. The van der Waals surface area contributed by atoms with E-state index < -0.39 is 0 Å². The zero-order valence-corrected chi connectivity index (χ0v) is 18.0. The van der Waals surface area contributed by atoms with Gasteiger partial charge in [-0.25, -0.2) is 9.37 Å². The Morgan fingerprint density at radius 2 is 1.77 bits per heavy atom. The third-order valence-corrected chi connectivity index (χ3v) is 5.96. The van der Waals surface area contributed by atoms with E-state index in [9.17, 15) is 4.39 Å². The van der Waals surface area contributed by atoms with Gasteiger partial charge in [0.2, 0.25) is 0 Å². The number of anilines is 3. The Balaban J connectivity index is 1.52. The highest BCUT2D eigenvalue weighted by Crippen LogP contribution is 2.33. The van der Waals surface area contributed by atoms with Gasteiger partial charge in [-0.3, -0.25) is 0 Å². The number of aromatic nitrogens is 1. The lowest BCUT2D eigenvalue weighted by Gasteiger charge is -2.27. The Labute approximate surface area is 187 Å². The molecule has 7 heteroatoms. The number of benzene rings is 2. The van der Waals surface area contributed by atoms with Crippen molar-refractivity contribution in [1.29, 1.82) is 0 Å². The number of hydrogen-bond donors (Lipinski definition) is 4. The van der Waals surface area contributed by atoms with Crippen LogP contribution in [0.4, 0.5) is 21.6 Å². The second-order valence-electron chi connectivity index (χ2n) is 8.13. The van der Waals surface area contributed by atoms with Gasteiger partial charge in [-0.15, -0.1) is 0 Å². The van der Waals surface area contributed by atoms with E-state index in [-0.39, 0.29) is 5.82 Å². The number of pyridine rings is 1. The highest BCUT2D eigenvalue weighted by atomic mass is 35.5. The minimum absolute atomic E-state index is 0.247. The number of nitrogen functional groups attached to an aromatic ring is 1. The van der Waals surface area contributed by atoms with Crippen molar-refractivity contribution in [3.63, 3.8) is 0 Å². The first kappa shape index (κ1) is 21.4. The van der Waals surface area contributed by atoms with E-state index in [4.69, 9.17) is 23.1 Å². The summed E-state index contributed by atoms with van der Waals surface area (Å²) < 4.78 is 13.1. The van der Waals surface area contributed by atoms with Crippen molar-refractivity contribution in [2.24, 2.45) is 5.73 Å². The van der Waals surface area contributed by atoms with E-state index in [2.05, 4.69) is 15.6 Å². The van der Waals surface area contributed by atoms with Gasteiger partial charge in [0, 0.05) is 41.8 Å². The molecule has 5 nitrogen and oxygen atoms in total. The normalized spacial score (nSPS) is 18.5. The number of hydrogen-bond acceptors (Lipinski definition) is 5. The molecule has 0 unspecified atom stereocenters. The van der Waals surface area contributed by atoms with E-state index in [1.165, 1.54) is 12.1 Å². The molecule has 4 rings (SSSR count). The fourth-order valence-electron chi connectivity index (χ4n) is 3.93. The van der Waals surface area contributed by atoms with Crippen molar-refractivity contribution < 1.29 is 4.39 Å². The smallest absolute Gasteiger partial charge is 0.126 e. The fraction of sp³-hybridized carbons (Fsp3) is 0.292. The van der Waals surface area contributed by atoms with Crippen LogP contribution in [0.15, 0.2) is 54.7 Å². The molecule has 0 radical (unpaired) electrons. The molecule has 2 aromatic carbocycles. The van der Waals surface area contributed by atoms with Crippen molar-refractivity contribution >= 4 is 28.8 Å². The lowest BCUT2D eigenvalue weighted by molar-refractivity contribution is 0.410. The van der Waals surface area contributed by atoms with Crippen molar-refractivity contribution in [3.05, 3.63) is 71.1 Å². The van der Waals surface area contributed by atoms with Gasteiger partial charge in [0.25, 0.3) is 0 Å². The van der Waals surface area contributed by atoms with Crippen LogP contribution in [-0.4, -0.2) is 17.1 Å². The molecule has 1 aromatic heterocycles. The van der Waals surface area contributed by atoms with Gasteiger partial charge in [-0.2, -0.15) is 0 Å². The molecule has 3 aromatic rings. The van der Waals surface area contributed by atoms with E-state index in [0.29, 0.717) is 29.3 Å². The maximum atomic E-state index is 13.1. The Morgan fingerprint density at radius 1 is 1.03 bits per heavy atom. The summed E-state index contributed by atoms with van der Waals surface area (Å²) >= 11 is 6.48. The average Bonchev–Trinajstić information content (AvgIpc) is 2.76. The summed E-state index contributed by atoms with van der Waals surface area (Å²) in [5, 5.41) is 7.42. The van der Waals surface area contributed by atoms with Gasteiger partial charge in [0.1, 0.15) is 11.6 Å². The van der Waals surface area contributed by atoms with Gasteiger partial charge < -0.3 is 22.1 Å². The Bertz CT molecular complexity index is 1030. The number of nitrogens with two attached hydrogens (primary N) is 2. The summed E-state index contributed by atoms with van der Waals surface area (Å²) in [6.07, 6.45) is 5.79. The zero-order valence-electron chi connectivity index (χ0n) is 17.2. The molecule has 6 N–H and O–H groups in total. The predicted octanol–water partition coefficient (Wildman–Crippen LogP) is 5.42. The first-order chi connectivity index (χ1) is 15.0. The van der Waals surface area contributed by atoms with Crippen LogP contribution < -0.4 is 22.1 Å². The lowest BCUT2D eigenvalue weighted by Crippen LogP contribution is -2.33. The summed E-state index contributed by atoms with van der Waals surface area (Å²) in [5.41, 5.74) is 16.4. The van der Waals surface area contributed by atoms with Crippen LogP contribution in [0, 0.1) is 5.82 Å². The molecule has 0 atom stereocenters. The van der Waals surface area contributed by atoms with Crippen LogP contribution >= 0.6 is 11.6 Å².